The number of aromatic nitrogens is 1. The highest BCUT2D eigenvalue weighted by Crippen LogP contribution is 2.36. The Hall–Kier alpha value is -2.37. The quantitative estimate of drug-likeness (QED) is 0.234. The van der Waals surface area contributed by atoms with E-state index < -0.39 is 42.9 Å². The van der Waals surface area contributed by atoms with Gasteiger partial charge in [-0.2, -0.15) is 0 Å². The molecule has 0 aliphatic carbocycles. The van der Waals surface area contributed by atoms with E-state index in [4.69, 9.17) is 19.9 Å². The van der Waals surface area contributed by atoms with Gasteiger partial charge in [0.25, 0.3) is 5.56 Å². The lowest BCUT2D eigenvalue weighted by Crippen LogP contribution is -2.60. The summed E-state index contributed by atoms with van der Waals surface area (Å²) in [6.07, 6.45) is -1.07. The molecule has 2 heterocycles. The number of hydrogen-bond donors (Lipinski definition) is 5. The lowest BCUT2D eigenvalue weighted by molar-refractivity contribution is -0.277. The highest BCUT2D eigenvalue weighted by Gasteiger charge is 2.45. The number of nitrogens with zero attached hydrogens (tertiary/aromatic N) is 1. The molecular weight excluding hydrogens is 444 g/mol. The predicted octanol–water partition coefficient (Wildman–Crippen LogP) is 1.04. The van der Waals surface area contributed by atoms with E-state index in [0.717, 1.165) is 32.1 Å². The standard InChI is InChI=1S/C24H36N2O8/c1-3-4-5-6-7-8-11-32-22-21(15-10-9-14(25)12-16(15)26(2)23(22)31)34-24-20(30)19(29)18(28)17(13-27)33-24/h9-10,12,17-20,24,27-30H,3-8,11,13,25H2,1-2H3/t17-,18-,19+,20+,24+/m1/s1. The van der Waals surface area contributed by atoms with Crippen LogP contribution in [0.4, 0.5) is 5.69 Å². The summed E-state index contributed by atoms with van der Waals surface area (Å²) in [4.78, 5) is 13.2. The minimum Gasteiger partial charge on any atom is -0.485 e. The molecule has 0 bridgehead atoms. The largest absolute Gasteiger partial charge is 0.485 e. The SMILES string of the molecule is CCCCCCCCOc1c(O[C@@H]2O[C@H](CO)[C@@H](O)[C@H](O)[C@@H]2O)c2ccc(N)cc2n(C)c1=O. The first-order chi connectivity index (χ1) is 16.3. The molecule has 0 radical (unpaired) electrons. The maximum atomic E-state index is 13.2. The molecule has 3 rings (SSSR count). The van der Waals surface area contributed by atoms with Crippen LogP contribution >= 0.6 is 0 Å². The number of anilines is 1. The normalized spacial score (nSPS) is 24.9. The molecule has 0 unspecified atom stereocenters. The number of nitrogens with two attached hydrogens (primary N) is 1. The minimum atomic E-state index is -1.63. The topological polar surface area (TPSA) is 157 Å². The van der Waals surface area contributed by atoms with Crippen molar-refractivity contribution in [3.63, 3.8) is 0 Å². The van der Waals surface area contributed by atoms with Gasteiger partial charge in [-0.1, -0.05) is 39.0 Å². The molecule has 0 saturated carbocycles. The van der Waals surface area contributed by atoms with Gasteiger partial charge < -0.3 is 44.9 Å². The van der Waals surface area contributed by atoms with Gasteiger partial charge in [0.05, 0.1) is 18.7 Å². The molecule has 0 amide bonds. The number of pyridine rings is 1. The number of aryl methyl sites for hydroxylation is 1. The zero-order chi connectivity index (χ0) is 24.8. The molecule has 6 N–H and O–H groups in total. The van der Waals surface area contributed by atoms with Crippen molar-refractivity contribution in [3.8, 4) is 11.5 Å². The number of rotatable bonds is 11. The van der Waals surface area contributed by atoms with Crippen LogP contribution in [-0.2, 0) is 11.8 Å². The average Bonchev–Trinajstić information content (AvgIpc) is 2.83. The van der Waals surface area contributed by atoms with Crippen LogP contribution in [0, 0.1) is 0 Å². The molecule has 1 aliphatic heterocycles. The van der Waals surface area contributed by atoms with E-state index in [2.05, 4.69) is 6.92 Å². The zero-order valence-corrected chi connectivity index (χ0v) is 19.7. The molecule has 1 aromatic heterocycles. The van der Waals surface area contributed by atoms with Crippen LogP contribution in [0.5, 0.6) is 11.5 Å². The Morgan fingerprint density at radius 3 is 2.44 bits per heavy atom. The molecule has 1 aliphatic rings. The van der Waals surface area contributed by atoms with Gasteiger partial charge in [0.15, 0.2) is 5.75 Å². The first-order valence-corrected chi connectivity index (χ1v) is 11.8. The van der Waals surface area contributed by atoms with Gasteiger partial charge in [0.1, 0.15) is 24.4 Å². The van der Waals surface area contributed by atoms with Gasteiger partial charge in [-0.25, -0.2) is 0 Å². The van der Waals surface area contributed by atoms with Crippen LogP contribution in [0.3, 0.4) is 0 Å². The lowest BCUT2D eigenvalue weighted by atomic mass is 9.99. The van der Waals surface area contributed by atoms with Gasteiger partial charge in [0.2, 0.25) is 12.0 Å². The van der Waals surface area contributed by atoms with E-state index in [-0.39, 0.29) is 11.5 Å². The Bertz CT molecular complexity index is 1010. The monoisotopic (exact) mass is 480 g/mol. The first-order valence-electron chi connectivity index (χ1n) is 11.8. The molecule has 1 aromatic carbocycles. The molecule has 190 valence electrons. The fraction of sp³-hybridized carbons (Fsp3) is 0.625. The Balaban J connectivity index is 1.92. The number of ether oxygens (including phenoxy) is 3. The fourth-order valence-corrected chi connectivity index (χ4v) is 4.08. The number of aliphatic hydroxyl groups excluding tert-OH is 4. The summed E-state index contributed by atoms with van der Waals surface area (Å²) in [5.74, 6) is -0.0151. The van der Waals surface area contributed by atoms with Crippen molar-refractivity contribution in [1.29, 1.82) is 0 Å². The van der Waals surface area contributed by atoms with Gasteiger partial charge in [-0.05, 0) is 24.6 Å². The molecule has 10 heteroatoms. The summed E-state index contributed by atoms with van der Waals surface area (Å²) in [6, 6.07) is 4.93. The number of unbranched alkanes of at least 4 members (excludes halogenated alkanes) is 5. The van der Waals surface area contributed by atoms with Crippen molar-refractivity contribution in [2.45, 2.75) is 76.2 Å². The van der Waals surface area contributed by atoms with Gasteiger partial charge in [0, 0.05) is 18.1 Å². The zero-order valence-electron chi connectivity index (χ0n) is 19.7. The smallest absolute Gasteiger partial charge is 0.297 e. The van der Waals surface area contributed by atoms with E-state index in [1.807, 2.05) is 0 Å². The molecule has 1 saturated heterocycles. The van der Waals surface area contributed by atoms with Gasteiger partial charge in [-0.15, -0.1) is 0 Å². The van der Waals surface area contributed by atoms with Crippen molar-refractivity contribution in [2.24, 2.45) is 7.05 Å². The van der Waals surface area contributed by atoms with Crippen molar-refractivity contribution in [2.75, 3.05) is 18.9 Å². The van der Waals surface area contributed by atoms with Crippen molar-refractivity contribution in [3.05, 3.63) is 28.6 Å². The second-order valence-electron chi connectivity index (χ2n) is 8.73. The van der Waals surface area contributed by atoms with E-state index in [9.17, 15) is 25.2 Å². The van der Waals surface area contributed by atoms with E-state index >= 15 is 0 Å². The minimum absolute atomic E-state index is 0.0356. The van der Waals surface area contributed by atoms with Gasteiger partial charge in [-0.3, -0.25) is 4.79 Å². The molecular formula is C24H36N2O8. The highest BCUT2D eigenvalue weighted by atomic mass is 16.7. The van der Waals surface area contributed by atoms with Gasteiger partial charge >= 0.3 is 0 Å². The second-order valence-corrected chi connectivity index (χ2v) is 8.73. The Morgan fingerprint density at radius 2 is 1.74 bits per heavy atom. The lowest BCUT2D eigenvalue weighted by Gasteiger charge is -2.39. The van der Waals surface area contributed by atoms with E-state index in [1.165, 1.54) is 11.0 Å². The third-order valence-electron chi connectivity index (χ3n) is 6.16. The maximum absolute atomic E-state index is 13.2. The number of nitrogen functional groups attached to an aromatic ring is 1. The summed E-state index contributed by atoms with van der Waals surface area (Å²) < 4.78 is 18.7. The van der Waals surface area contributed by atoms with Crippen LogP contribution in [0.15, 0.2) is 23.0 Å². The Morgan fingerprint density at radius 1 is 1.03 bits per heavy atom. The first kappa shape index (κ1) is 26.2. The summed E-state index contributed by atoms with van der Waals surface area (Å²) in [5, 5.41) is 40.6. The van der Waals surface area contributed by atoms with Crippen LogP contribution in [-0.4, -0.2) is 68.9 Å². The van der Waals surface area contributed by atoms with Crippen molar-refractivity contribution < 1.29 is 34.6 Å². The van der Waals surface area contributed by atoms with Crippen molar-refractivity contribution >= 4 is 16.6 Å². The van der Waals surface area contributed by atoms with Crippen LogP contribution in [0.25, 0.3) is 10.9 Å². The number of hydrogen-bond acceptors (Lipinski definition) is 9. The third-order valence-corrected chi connectivity index (χ3v) is 6.16. The molecule has 1 fully saturated rings. The molecule has 2 aromatic rings. The number of benzene rings is 1. The third kappa shape index (κ3) is 5.64. The Labute approximate surface area is 198 Å². The Kier molecular flexibility index (Phi) is 9.15. The van der Waals surface area contributed by atoms with Crippen LogP contribution in [0.1, 0.15) is 45.4 Å². The summed E-state index contributed by atoms with van der Waals surface area (Å²) in [6.45, 7) is 1.86. The van der Waals surface area contributed by atoms with Crippen molar-refractivity contribution in [1.82, 2.24) is 4.57 Å². The van der Waals surface area contributed by atoms with E-state index in [1.54, 1.807) is 25.2 Å². The predicted molar refractivity (Wildman–Crippen MR) is 127 cm³/mol. The fourth-order valence-electron chi connectivity index (χ4n) is 4.08. The van der Waals surface area contributed by atoms with E-state index in [0.29, 0.717) is 23.2 Å². The molecule has 34 heavy (non-hydrogen) atoms. The van der Waals surface area contributed by atoms with Crippen LogP contribution < -0.4 is 20.8 Å². The summed E-state index contributed by atoms with van der Waals surface area (Å²) >= 11 is 0. The average molecular weight is 481 g/mol. The number of aliphatic hydroxyl groups is 4. The maximum Gasteiger partial charge on any atom is 0.297 e. The summed E-state index contributed by atoms with van der Waals surface area (Å²) in [5.41, 5.74) is 6.39. The summed E-state index contributed by atoms with van der Waals surface area (Å²) in [7, 11) is 1.60. The van der Waals surface area contributed by atoms with Crippen LogP contribution in [0.2, 0.25) is 0 Å². The second kappa shape index (κ2) is 11.9. The highest BCUT2D eigenvalue weighted by molar-refractivity contribution is 5.90. The number of fused-ring (bicyclic) bond motifs is 1. The molecule has 10 nitrogen and oxygen atoms in total. The molecule has 0 spiro atoms. The molecule has 5 atom stereocenters.